The number of aliphatic imine (C=N–C) groups is 1. The van der Waals surface area contributed by atoms with Gasteiger partial charge < -0.3 is 13.9 Å². The zero-order chi connectivity index (χ0) is 28.8. The number of halogens is 1. The Morgan fingerprint density at radius 2 is 1.66 bits per heavy atom. The zero-order valence-corrected chi connectivity index (χ0v) is 23.4. The van der Waals surface area contributed by atoms with E-state index in [1.165, 1.54) is 19.2 Å². The summed E-state index contributed by atoms with van der Waals surface area (Å²) >= 11 is 3.54. The Balaban J connectivity index is 1.46. The molecule has 1 aromatic heterocycles. The summed E-state index contributed by atoms with van der Waals surface area (Å²) < 4.78 is 18.3. The third-order valence-corrected chi connectivity index (χ3v) is 6.80. The predicted molar refractivity (Wildman–Crippen MR) is 160 cm³/mol. The van der Waals surface area contributed by atoms with Crippen molar-refractivity contribution in [1.82, 2.24) is 0 Å². The van der Waals surface area contributed by atoms with Crippen LogP contribution in [0, 0.1) is 21.4 Å². The third-order valence-electron chi connectivity index (χ3n) is 6.21. The maximum atomic E-state index is 10.9. The van der Waals surface area contributed by atoms with E-state index in [4.69, 9.17) is 13.9 Å². The van der Waals surface area contributed by atoms with Crippen molar-refractivity contribution in [3.63, 3.8) is 0 Å². The summed E-state index contributed by atoms with van der Waals surface area (Å²) in [5.41, 5.74) is 4.16. The Morgan fingerprint density at radius 3 is 2.27 bits per heavy atom. The first-order valence-corrected chi connectivity index (χ1v) is 13.2. The van der Waals surface area contributed by atoms with Crippen LogP contribution < -0.4 is 9.47 Å². The van der Waals surface area contributed by atoms with Crippen LogP contribution in [0.1, 0.15) is 16.7 Å². The zero-order valence-electron chi connectivity index (χ0n) is 21.8. The Morgan fingerprint density at radius 1 is 1.00 bits per heavy atom. The van der Waals surface area contributed by atoms with E-state index in [0.29, 0.717) is 38.4 Å². The van der Waals surface area contributed by atoms with E-state index in [-0.39, 0.29) is 18.2 Å². The highest BCUT2D eigenvalue weighted by molar-refractivity contribution is 9.10. The maximum Gasteiger partial charge on any atom is 0.269 e. The fourth-order valence-corrected chi connectivity index (χ4v) is 4.82. The first kappa shape index (κ1) is 27.4. The fourth-order valence-electron chi connectivity index (χ4n) is 4.24. The molecule has 0 aliphatic heterocycles. The van der Waals surface area contributed by atoms with Gasteiger partial charge in [0.2, 0.25) is 5.88 Å². The molecule has 5 rings (SSSR count). The molecule has 9 heteroatoms. The van der Waals surface area contributed by atoms with E-state index >= 15 is 0 Å². The highest BCUT2D eigenvalue weighted by atomic mass is 79.9. The Bertz CT molecular complexity index is 1760. The van der Waals surface area contributed by atoms with Gasteiger partial charge in [-0.25, -0.2) is 4.99 Å². The lowest BCUT2D eigenvalue weighted by Gasteiger charge is -2.13. The third kappa shape index (κ3) is 6.03. The highest BCUT2D eigenvalue weighted by Gasteiger charge is 2.22. The molecule has 8 nitrogen and oxygen atoms in total. The van der Waals surface area contributed by atoms with Gasteiger partial charge in [-0.15, -0.1) is 0 Å². The number of benzene rings is 4. The Labute approximate surface area is 244 Å². The second-order valence-electron chi connectivity index (χ2n) is 8.83. The molecule has 41 heavy (non-hydrogen) atoms. The fraction of sp³-hybridized carbons (Fsp3) is 0.0625. The molecule has 0 aliphatic rings. The summed E-state index contributed by atoms with van der Waals surface area (Å²) in [5, 5.41) is 21.0. The molecule has 0 bridgehead atoms. The largest absolute Gasteiger partial charge is 0.493 e. The summed E-state index contributed by atoms with van der Waals surface area (Å²) in [6.45, 7) is 0.183. The predicted octanol–water partition coefficient (Wildman–Crippen LogP) is 8.49. The SMILES string of the molecule is COc1cc(C=Nc2oc(-c3ccccc3)c(-c3ccccc3)c2C#N)cc(Br)c1OCc1ccc([N+](=O)[O-])cc1. The van der Waals surface area contributed by atoms with E-state index in [0.717, 1.165) is 16.7 Å². The molecule has 5 aromatic rings. The quantitative estimate of drug-likeness (QED) is 0.0943. The van der Waals surface area contributed by atoms with Crippen molar-refractivity contribution in [3.8, 4) is 40.0 Å². The van der Waals surface area contributed by atoms with E-state index in [1.54, 1.807) is 24.4 Å². The van der Waals surface area contributed by atoms with Crippen molar-refractivity contribution < 1.29 is 18.8 Å². The summed E-state index contributed by atoms with van der Waals surface area (Å²) in [6.07, 6.45) is 1.59. The molecule has 202 valence electrons. The summed E-state index contributed by atoms with van der Waals surface area (Å²) in [5.74, 6) is 1.68. The van der Waals surface area contributed by atoms with Gasteiger partial charge in [-0.1, -0.05) is 60.7 Å². The number of nitriles is 1. The number of hydrogen-bond acceptors (Lipinski definition) is 7. The number of nitro benzene ring substituents is 1. The molecule has 0 atom stereocenters. The molecule has 1 heterocycles. The number of furan rings is 1. The van der Waals surface area contributed by atoms with Crippen molar-refractivity contribution in [2.45, 2.75) is 6.61 Å². The molecular formula is C32H22BrN3O5. The van der Waals surface area contributed by atoms with Crippen LogP contribution in [0.2, 0.25) is 0 Å². The van der Waals surface area contributed by atoms with Gasteiger partial charge in [-0.3, -0.25) is 10.1 Å². The van der Waals surface area contributed by atoms with Crippen LogP contribution in [-0.4, -0.2) is 18.2 Å². The number of hydrogen-bond donors (Lipinski definition) is 0. The van der Waals surface area contributed by atoms with Crippen LogP contribution >= 0.6 is 15.9 Å². The van der Waals surface area contributed by atoms with Crippen LogP contribution in [0.3, 0.4) is 0 Å². The van der Waals surface area contributed by atoms with Gasteiger partial charge in [0.1, 0.15) is 24.0 Å². The van der Waals surface area contributed by atoms with E-state index < -0.39 is 4.92 Å². The van der Waals surface area contributed by atoms with Crippen LogP contribution in [0.5, 0.6) is 11.5 Å². The van der Waals surface area contributed by atoms with Gasteiger partial charge in [0.15, 0.2) is 11.5 Å². The molecule has 0 unspecified atom stereocenters. The van der Waals surface area contributed by atoms with Crippen LogP contribution in [0.25, 0.3) is 22.5 Å². The number of rotatable bonds is 9. The lowest BCUT2D eigenvalue weighted by molar-refractivity contribution is -0.384. The number of non-ortho nitro benzene ring substituents is 1. The molecular weight excluding hydrogens is 586 g/mol. The maximum absolute atomic E-state index is 10.9. The first-order valence-electron chi connectivity index (χ1n) is 12.4. The molecule has 0 N–H and O–H groups in total. The average Bonchev–Trinajstić information content (AvgIpc) is 3.39. The molecule has 0 aliphatic carbocycles. The van der Waals surface area contributed by atoms with E-state index in [9.17, 15) is 15.4 Å². The normalized spacial score (nSPS) is 10.9. The van der Waals surface area contributed by atoms with Crippen LogP contribution in [0.15, 0.2) is 111 Å². The Hall–Kier alpha value is -5.20. The van der Waals surface area contributed by atoms with Crippen molar-refractivity contribution >= 4 is 33.7 Å². The molecule has 0 amide bonds. The van der Waals surface area contributed by atoms with Crippen molar-refractivity contribution in [2.24, 2.45) is 4.99 Å². The number of methoxy groups -OCH3 is 1. The molecule has 4 aromatic carbocycles. The molecule has 0 radical (unpaired) electrons. The van der Waals surface area contributed by atoms with Gasteiger partial charge in [0, 0.05) is 29.5 Å². The lowest BCUT2D eigenvalue weighted by Crippen LogP contribution is -2.00. The minimum absolute atomic E-state index is 0.0130. The van der Waals surface area contributed by atoms with Crippen LogP contribution in [-0.2, 0) is 6.61 Å². The van der Waals surface area contributed by atoms with E-state index in [2.05, 4.69) is 27.0 Å². The van der Waals surface area contributed by atoms with Gasteiger partial charge >= 0.3 is 0 Å². The van der Waals surface area contributed by atoms with E-state index in [1.807, 2.05) is 66.7 Å². The second-order valence-corrected chi connectivity index (χ2v) is 9.69. The molecule has 0 saturated heterocycles. The molecule has 0 saturated carbocycles. The molecule has 0 fully saturated rings. The topological polar surface area (TPSA) is 111 Å². The summed E-state index contributed by atoms with van der Waals surface area (Å²) in [6, 6.07) is 31.2. The second kappa shape index (κ2) is 12.3. The smallest absolute Gasteiger partial charge is 0.269 e. The minimum Gasteiger partial charge on any atom is -0.493 e. The van der Waals surface area contributed by atoms with Crippen molar-refractivity contribution in [1.29, 1.82) is 5.26 Å². The van der Waals surface area contributed by atoms with Gasteiger partial charge in [-0.05, 0) is 56.9 Å². The lowest BCUT2D eigenvalue weighted by atomic mass is 9.98. The summed E-state index contributed by atoms with van der Waals surface area (Å²) in [7, 11) is 1.53. The monoisotopic (exact) mass is 607 g/mol. The van der Waals surface area contributed by atoms with Gasteiger partial charge in [-0.2, -0.15) is 5.26 Å². The summed E-state index contributed by atoms with van der Waals surface area (Å²) in [4.78, 5) is 15.0. The average molecular weight is 608 g/mol. The Kier molecular flexibility index (Phi) is 8.23. The van der Waals surface area contributed by atoms with Crippen LogP contribution in [0.4, 0.5) is 11.6 Å². The number of ether oxygens (including phenoxy) is 2. The van der Waals surface area contributed by atoms with Crippen molar-refractivity contribution in [2.75, 3.05) is 7.11 Å². The minimum atomic E-state index is -0.447. The highest BCUT2D eigenvalue weighted by Crippen LogP contribution is 2.43. The van der Waals surface area contributed by atoms with Gasteiger partial charge in [0.25, 0.3) is 5.69 Å². The number of nitrogens with zero attached hydrogens (tertiary/aromatic N) is 3. The first-order chi connectivity index (χ1) is 20.0. The van der Waals surface area contributed by atoms with Gasteiger partial charge in [0.05, 0.1) is 16.5 Å². The number of nitro groups is 1. The standard InChI is InChI=1S/C32H22BrN3O5/c1-39-28-17-22(16-27(33)31(28)40-20-21-12-14-25(15-13-21)36(37)38)19-35-32-26(18-34)29(23-8-4-2-5-9-23)30(41-32)24-10-6-3-7-11-24/h2-17,19H,20H2,1H3. The van der Waals surface area contributed by atoms with Crippen molar-refractivity contribution in [3.05, 3.63) is 128 Å². The molecule has 0 spiro atoms.